The molecule has 0 unspecified atom stereocenters. The highest BCUT2D eigenvalue weighted by Gasteiger charge is 2.28. The second-order valence-electron chi connectivity index (χ2n) is 5.69. The van der Waals surface area contributed by atoms with Gasteiger partial charge in [0.15, 0.2) is 5.82 Å². The molecule has 2 N–H and O–H groups in total. The summed E-state index contributed by atoms with van der Waals surface area (Å²) in [6.07, 6.45) is 6.37. The number of nitrogens with one attached hydrogen (secondary N) is 2. The number of H-pyrrole nitrogens is 1. The van der Waals surface area contributed by atoms with E-state index in [1.54, 1.807) is 12.4 Å². The highest BCUT2D eigenvalue weighted by molar-refractivity contribution is 5.99. The average Bonchev–Trinajstić information content (AvgIpc) is 3.23. The first-order chi connectivity index (χ1) is 11.1. The van der Waals surface area contributed by atoms with Crippen LogP contribution in [0.1, 0.15) is 35.1 Å². The van der Waals surface area contributed by atoms with Crippen molar-refractivity contribution in [2.45, 2.75) is 25.0 Å². The standard InChI is InChI=1S/C15H20N6O2/c1-21(2)12-5-6-16-8-11(12)15(22)17-7-10-3-4-13(23-10)14-18-9-19-20-14/h5-6,8-10,13H,3-4,7H2,1-2H3,(H,17,22)(H,18,19,20)/t10-,13+/m1/s1. The molecule has 122 valence electrons. The molecule has 3 heterocycles. The van der Waals surface area contributed by atoms with Crippen LogP contribution in [0.5, 0.6) is 0 Å². The van der Waals surface area contributed by atoms with Gasteiger partial charge in [0.2, 0.25) is 0 Å². The van der Waals surface area contributed by atoms with Crippen LogP contribution in [0.4, 0.5) is 5.69 Å². The molecule has 0 aliphatic carbocycles. The zero-order valence-corrected chi connectivity index (χ0v) is 13.2. The van der Waals surface area contributed by atoms with Crippen LogP contribution in [0.2, 0.25) is 0 Å². The van der Waals surface area contributed by atoms with Crippen LogP contribution >= 0.6 is 0 Å². The second kappa shape index (κ2) is 6.74. The lowest BCUT2D eigenvalue weighted by Crippen LogP contribution is -2.33. The van der Waals surface area contributed by atoms with Gasteiger partial charge in [-0.05, 0) is 18.9 Å². The lowest BCUT2D eigenvalue weighted by atomic mass is 10.1. The third kappa shape index (κ3) is 3.48. The fraction of sp³-hybridized carbons (Fsp3) is 0.467. The van der Waals surface area contributed by atoms with Crippen molar-refractivity contribution in [1.29, 1.82) is 0 Å². The zero-order chi connectivity index (χ0) is 16.2. The van der Waals surface area contributed by atoms with Crippen molar-refractivity contribution in [1.82, 2.24) is 25.5 Å². The van der Waals surface area contributed by atoms with E-state index in [0.717, 1.165) is 24.4 Å². The van der Waals surface area contributed by atoms with E-state index >= 15 is 0 Å². The van der Waals surface area contributed by atoms with Crippen molar-refractivity contribution in [3.8, 4) is 0 Å². The fourth-order valence-electron chi connectivity index (χ4n) is 2.68. The molecule has 0 bridgehead atoms. The summed E-state index contributed by atoms with van der Waals surface area (Å²) < 4.78 is 5.90. The molecule has 2 atom stereocenters. The molecule has 0 aromatic carbocycles. The lowest BCUT2D eigenvalue weighted by Gasteiger charge is -2.17. The number of ether oxygens (including phenoxy) is 1. The molecule has 1 aliphatic rings. The van der Waals surface area contributed by atoms with Gasteiger partial charge in [0, 0.05) is 33.0 Å². The normalized spacial score (nSPS) is 20.4. The first-order valence-electron chi connectivity index (χ1n) is 7.55. The summed E-state index contributed by atoms with van der Waals surface area (Å²) in [5, 5.41) is 9.58. The maximum atomic E-state index is 12.4. The Morgan fingerprint density at radius 1 is 1.48 bits per heavy atom. The predicted octanol–water partition coefficient (Wildman–Crippen LogP) is 0.916. The van der Waals surface area contributed by atoms with E-state index in [4.69, 9.17) is 4.74 Å². The molecule has 8 nitrogen and oxygen atoms in total. The largest absolute Gasteiger partial charge is 0.377 e. The maximum absolute atomic E-state index is 12.4. The second-order valence-corrected chi connectivity index (χ2v) is 5.69. The van der Waals surface area contributed by atoms with E-state index in [-0.39, 0.29) is 18.1 Å². The molecule has 3 rings (SSSR count). The highest BCUT2D eigenvalue weighted by atomic mass is 16.5. The molecule has 8 heteroatoms. The Kier molecular flexibility index (Phi) is 4.52. The minimum absolute atomic E-state index is 0.0199. The number of hydrogen-bond donors (Lipinski definition) is 2. The third-order valence-corrected chi connectivity index (χ3v) is 3.86. The monoisotopic (exact) mass is 316 g/mol. The molecule has 0 spiro atoms. The number of aromatic nitrogens is 4. The van der Waals surface area contributed by atoms with Crippen molar-refractivity contribution in [2.24, 2.45) is 0 Å². The quantitative estimate of drug-likeness (QED) is 0.851. The molecular formula is C15H20N6O2. The van der Waals surface area contributed by atoms with Gasteiger partial charge in [-0.25, -0.2) is 4.98 Å². The number of aromatic amines is 1. The molecule has 1 saturated heterocycles. The molecule has 0 radical (unpaired) electrons. The smallest absolute Gasteiger partial charge is 0.255 e. The van der Waals surface area contributed by atoms with Gasteiger partial charge >= 0.3 is 0 Å². The summed E-state index contributed by atoms with van der Waals surface area (Å²) >= 11 is 0. The van der Waals surface area contributed by atoms with E-state index in [1.165, 1.54) is 6.33 Å². The van der Waals surface area contributed by atoms with E-state index in [2.05, 4.69) is 25.5 Å². The van der Waals surface area contributed by atoms with Crippen LogP contribution in [-0.4, -0.2) is 52.8 Å². The number of amides is 1. The Bertz CT molecular complexity index is 658. The van der Waals surface area contributed by atoms with E-state index in [1.807, 2.05) is 25.1 Å². The minimum Gasteiger partial charge on any atom is -0.377 e. The summed E-state index contributed by atoms with van der Waals surface area (Å²) in [7, 11) is 3.79. The van der Waals surface area contributed by atoms with Crippen molar-refractivity contribution in [3.63, 3.8) is 0 Å². The molecule has 1 amide bonds. The number of rotatable bonds is 5. The number of anilines is 1. The first kappa shape index (κ1) is 15.4. The third-order valence-electron chi connectivity index (χ3n) is 3.86. The van der Waals surface area contributed by atoms with Crippen molar-refractivity contribution >= 4 is 11.6 Å². The van der Waals surface area contributed by atoms with E-state index in [0.29, 0.717) is 12.1 Å². The van der Waals surface area contributed by atoms with Crippen LogP contribution in [0.25, 0.3) is 0 Å². The summed E-state index contributed by atoms with van der Waals surface area (Å²) in [6.45, 7) is 0.464. The van der Waals surface area contributed by atoms with Gasteiger partial charge in [-0.2, -0.15) is 5.10 Å². The number of nitrogens with zero attached hydrogens (tertiary/aromatic N) is 4. The number of pyridine rings is 1. The first-order valence-corrected chi connectivity index (χ1v) is 7.55. The summed E-state index contributed by atoms with van der Waals surface area (Å²) in [4.78, 5) is 22.4. The van der Waals surface area contributed by atoms with E-state index in [9.17, 15) is 4.79 Å². The Hall–Kier alpha value is -2.48. The molecule has 23 heavy (non-hydrogen) atoms. The number of carbonyl (C=O) groups is 1. The van der Waals surface area contributed by atoms with Crippen LogP contribution in [0, 0.1) is 0 Å². The SMILES string of the molecule is CN(C)c1ccncc1C(=O)NC[C@H]1CC[C@@H](c2ncn[nH]2)O1. The summed E-state index contributed by atoms with van der Waals surface area (Å²) in [5.41, 5.74) is 1.40. The molecule has 1 fully saturated rings. The van der Waals surface area contributed by atoms with Crippen LogP contribution in [0.3, 0.4) is 0 Å². The Labute approximate surface area is 134 Å². The molecule has 1 aliphatic heterocycles. The van der Waals surface area contributed by atoms with Crippen LogP contribution in [0.15, 0.2) is 24.8 Å². The Balaban J connectivity index is 1.56. The zero-order valence-electron chi connectivity index (χ0n) is 13.2. The number of carbonyl (C=O) groups excluding carboxylic acids is 1. The van der Waals surface area contributed by atoms with Gasteiger partial charge in [-0.3, -0.25) is 14.9 Å². The van der Waals surface area contributed by atoms with Gasteiger partial charge in [0.25, 0.3) is 5.91 Å². The van der Waals surface area contributed by atoms with Crippen LogP contribution < -0.4 is 10.2 Å². The molecule has 2 aromatic heterocycles. The van der Waals surface area contributed by atoms with Crippen molar-refractivity contribution in [2.75, 3.05) is 25.5 Å². The maximum Gasteiger partial charge on any atom is 0.255 e. The van der Waals surface area contributed by atoms with E-state index < -0.39 is 0 Å². The lowest BCUT2D eigenvalue weighted by molar-refractivity contribution is 0.0392. The number of hydrogen-bond acceptors (Lipinski definition) is 6. The average molecular weight is 316 g/mol. The van der Waals surface area contributed by atoms with Gasteiger partial charge in [0.05, 0.1) is 17.4 Å². The van der Waals surface area contributed by atoms with Gasteiger partial charge in [0.1, 0.15) is 12.4 Å². The van der Waals surface area contributed by atoms with Gasteiger partial charge in [-0.1, -0.05) is 0 Å². The Morgan fingerprint density at radius 3 is 3.09 bits per heavy atom. The fourth-order valence-corrected chi connectivity index (χ4v) is 2.68. The van der Waals surface area contributed by atoms with Gasteiger partial charge in [-0.15, -0.1) is 0 Å². The van der Waals surface area contributed by atoms with Crippen LogP contribution in [-0.2, 0) is 4.74 Å². The topological polar surface area (TPSA) is 96.0 Å². The molecular weight excluding hydrogens is 296 g/mol. The Morgan fingerprint density at radius 2 is 2.35 bits per heavy atom. The van der Waals surface area contributed by atoms with Crippen molar-refractivity contribution < 1.29 is 9.53 Å². The highest BCUT2D eigenvalue weighted by Crippen LogP contribution is 2.30. The summed E-state index contributed by atoms with van der Waals surface area (Å²) in [5.74, 6) is 0.592. The minimum atomic E-state index is -0.145. The predicted molar refractivity (Wildman–Crippen MR) is 84.1 cm³/mol. The molecule has 2 aromatic rings. The molecule has 0 saturated carbocycles. The van der Waals surface area contributed by atoms with Crippen molar-refractivity contribution in [3.05, 3.63) is 36.2 Å². The summed E-state index contributed by atoms with van der Waals surface area (Å²) in [6, 6.07) is 1.82. The van der Waals surface area contributed by atoms with Gasteiger partial charge < -0.3 is 15.0 Å².